The number of nitrogens with one attached hydrogen (secondary N) is 1. The van der Waals surface area contributed by atoms with Crippen molar-refractivity contribution in [3.05, 3.63) is 40.3 Å². The van der Waals surface area contributed by atoms with Crippen LogP contribution in [0.5, 0.6) is 0 Å². The smallest absolute Gasteiger partial charge is 0.312 e. The topological polar surface area (TPSA) is 123 Å². The van der Waals surface area contributed by atoms with Crippen LogP contribution in [-0.4, -0.2) is 31.4 Å². The summed E-state index contributed by atoms with van der Waals surface area (Å²) in [6, 6.07) is 3.00. The molecule has 0 saturated carbocycles. The van der Waals surface area contributed by atoms with E-state index in [1.807, 2.05) is 6.07 Å². The Kier molecular flexibility index (Phi) is 3.63. The van der Waals surface area contributed by atoms with E-state index in [-0.39, 0.29) is 17.1 Å². The molecule has 9 nitrogen and oxygen atoms in total. The number of nitrogens with zero attached hydrogens (tertiary/aromatic N) is 6. The number of anilines is 1. The van der Waals surface area contributed by atoms with Gasteiger partial charge >= 0.3 is 5.69 Å². The van der Waals surface area contributed by atoms with Crippen molar-refractivity contribution in [2.24, 2.45) is 0 Å². The average Bonchev–Trinajstić information content (AvgIpc) is 2.92. The van der Waals surface area contributed by atoms with Gasteiger partial charge in [-0.2, -0.15) is 5.26 Å². The zero-order chi connectivity index (χ0) is 13.7. The molecule has 0 amide bonds. The molecular formula is C10H9N7O2. The lowest BCUT2D eigenvalue weighted by molar-refractivity contribution is -0.384. The molecule has 0 fully saturated rings. The van der Waals surface area contributed by atoms with Crippen molar-refractivity contribution in [3.8, 4) is 6.07 Å². The Hall–Kier alpha value is -3.02. The van der Waals surface area contributed by atoms with Gasteiger partial charge in [0.1, 0.15) is 6.07 Å². The van der Waals surface area contributed by atoms with E-state index in [1.165, 1.54) is 12.3 Å². The summed E-state index contributed by atoms with van der Waals surface area (Å²) in [6.45, 7) is 0.905. The molecule has 0 aromatic carbocycles. The number of aromatic nitrogens is 4. The Labute approximate surface area is 107 Å². The molecule has 0 bridgehead atoms. The molecule has 96 valence electrons. The second-order valence-corrected chi connectivity index (χ2v) is 3.55. The Morgan fingerprint density at radius 2 is 2.42 bits per heavy atom. The Morgan fingerprint density at radius 3 is 3.05 bits per heavy atom. The quantitative estimate of drug-likeness (QED) is 0.614. The van der Waals surface area contributed by atoms with Gasteiger partial charge < -0.3 is 5.32 Å². The molecule has 0 unspecified atom stereocenters. The van der Waals surface area contributed by atoms with Crippen LogP contribution in [0.2, 0.25) is 0 Å². The minimum Gasteiger partial charge on any atom is -0.362 e. The Morgan fingerprint density at radius 1 is 1.58 bits per heavy atom. The summed E-state index contributed by atoms with van der Waals surface area (Å²) in [6.07, 6.45) is 4.51. The third kappa shape index (κ3) is 3.01. The molecule has 0 aliphatic carbocycles. The third-order valence-electron chi connectivity index (χ3n) is 2.30. The number of hydrogen-bond acceptors (Lipinski definition) is 7. The van der Waals surface area contributed by atoms with E-state index >= 15 is 0 Å². The van der Waals surface area contributed by atoms with Crippen LogP contribution in [-0.2, 0) is 6.54 Å². The zero-order valence-corrected chi connectivity index (χ0v) is 9.72. The molecular weight excluding hydrogens is 250 g/mol. The lowest BCUT2D eigenvalue weighted by Gasteiger charge is -2.05. The van der Waals surface area contributed by atoms with Crippen LogP contribution in [0.4, 0.5) is 11.5 Å². The Bertz CT molecular complexity index is 617. The average molecular weight is 259 g/mol. The number of nitriles is 1. The minimum atomic E-state index is -0.578. The number of pyridine rings is 1. The van der Waals surface area contributed by atoms with Crippen LogP contribution in [0.15, 0.2) is 24.7 Å². The highest BCUT2D eigenvalue weighted by Crippen LogP contribution is 2.22. The standard InChI is InChI=1S/C10H9N7O2/c11-6-8-5-9(17(18)19)10(13-7-8)12-1-3-16-4-2-14-15-16/h2,4-5,7H,1,3H2,(H,12,13). The SMILES string of the molecule is N#Cc1cnc(NCCn2ccnn2)c([N+](=O)[O-])c1. The van der Waals surface area contributed by atoms with E-state index in [0.717, 1.165) is 0 Å². The van der Waals surface area contributed by atoms with Crippen molar-refractivity contribution >= 4 is 11.5 Å². The van der Waals surface area contributed by atoms with Gasteiger partial charge in [-0.15, -0.1) is 5.10 Å². The molecule has 0 radical (unpaired) electrons. The molecule has 0 saturated heterocycles. The highest BCUT2D eigenvalue weighted by atomic mass is 16.6. The fraction of sp³-hybridized carbons (Fsp3) is 0.200. The van der Waals surface area contributed by atoms with Gasteiger partial charge in [-0.1, -0.05) is 5.21 Å². The molecule has 0 aliphatic rings. The van der Waals surface area contributed by atoms with Crippen LogP contribution in [0, 0.1) is 21.4 Å². The summed E-state index contributed by atoms with van der Waals surface area (Å²) in [5.74, 6) is 0.129. The first kappa shape index (κ1) is 12.4. The lowest BCUT2D eigenvalue weighted by Crippen LogP contribution is -2.13. The van der Waals surface area contributed by atoms with Crippen molar-refractivity contribution < 1.29 is 4.92 Å². The van der Waals surface area contributed by atoms with Crippen LogP contribution < -0.4 is 5.32 Å². The molecule has 9 heteroatoms. The van der Waals surface area contributed by atoms with Gasteiger partial charge in [0.15, 0.2) is 0 Å². The van der Waals surface area contributed by atoms with Crippen molar-refractivity contribution in [2.45, 2.75) is 6.54 Å². The Balaban J connectivity index is 2.07. The van der Waals surface area contributed by atoms with Crippen molar-refractivity contribution in [1.29, 1.82) is 5.26 Å². The summed E-state index contributed by atoms with van der Waals surface area (Å²) in [5.41, 5.74) is -0.0776. The van der Waals surface area contributed by atoms with Gasteiger partial charge in [-0.3, -0.25) is 14.8 Å². The van der Waals surface area contributed by atoms with Crippen LogP contribution in [0.25, 0.3) is 0 Å². The van der Waals surface area contributed by atoms with E-state index < -0.39 is 4.92 Å². The first-order valence-corrected chi connectivity index (χ1v) is 5.33. The summed E-state index contributed by atoms with van der Waals surface area (Å²) >= 11 is 0. The first-order chi connectivity index (χ1) is 9.20. The molecule has 2 heterocycles. The second kappa shape index (κ2) is 5.54. The van der Waals surface area contributed by atoms with Gasteiger partial charge in [0.25, 0.3) is 0 Å². The third-order valence-corrected chi connectivity index (χ3v) is 2.30. The predicted molar refractivity (Wildman–Crippen MR) is 64.1 cm³/mol. The summed E-state index contributed by atoms with van der Waals surface area (Å²) in [5, 5.41) is 29.8. The van der Waals surface area contributed by atoms with Crippen molar-refractivity contribution in [2.75, 3.05) is 11.9 Å². The molecule has 19 heavy (non-hydrogen) atoms. The van der Waals surface area contributed by atoms with Crippen LogP contribution in [0.1, 0.15) is 5.56 Å². The van der Waals surface area contributed by atoms with E-state index in [0.29, 0.717) is 13.1 Å². The monoisotopic (exact) mass is 259 g/mol. The van der Waals surface area contributed by atoms with Gasteiger partial charge in [0.2, 0.25) is 5.82 Å². The van der Waals surface area contributed by atoms with Gasteiger partial charge in [0, 0.05) is 25.0 Å². The van der Waals surface area contributed by atoms with E-state index in [9.17, 15) is 10.1 Å². The second-order valence-electron chi connectivity index (χ2n) is 3.55. The highest BCUT2D eigenvalue weighted by molar-refractivity contribution is 5.58. The molecule has 0 aliphatic heterocycles. The molecule has 2 aromatic rings. The minimum absolute atomic E-state index is 0.129. The molecule has 2 rings (SSSR count). The zero-order valence-electron chi connectivity index (χ0n) is 9.72. The van der Waals surface area contributed by atoms with Crippen molar-refractivity contribution in [1.82, 2.24) is 20.0 Å². The molecule has 1 N–H and O–H groups in total. The van der Waals surface area contributed by atoms with E-state index in [1.54, 1.807) is 17.1 Å². The van der Waals surface area contributed by atoms with Crippen LogP contribution >= 0.6 is 0 Å². The summed E-state index contributed by atoms with van der Waals surface area (Å²) in [7, 11) is 0. The predicted octanol–water partition coefficient (Wildman–Crippen LogP) is 0.565. The maximum absolute atomic E-state index is 10.9. The maximum Gasteiger partial charge on any atom is 0.312 e. The number of nitro groups is 1. The fourth-order valence-corrected chi connectivity index (χ4v) is 1.43. The van der Waals surface area contributed by atoms with Gasteiger partial charge in [-0.25, -0.2) is 4.98 Å². The van der Waals surface area contributed by atoms with E-state index in [4.69, 9.17) is 5.26 Å². The summed E-state index contributed by atoms with van der Waals surface area (Å²) < 4.78 is 1.59. The van der Waals surface area contributed by atoms with Crippen LogP contribution in [0.3, 0.4) is 0 Å². The normalized spacial score (nSPS) is 9.84. The maximum atomic E-state index is 10.9. The molecule has 0 atom stereocenters. The first-order valence-electron chi connectivity index (χ1n) is 5.33. The van der Waals surface area contributed by atoms with Crippen molar-refractivity contribution in [3.63, 3.8) is 0 Å². The number of rotatable bonds is 5. The van der Waals surface area contributed by atoms with E-state index in [2.05, 4.69) is 20.6 Å². The summed E-state index contributed by atoms with van der Waals surface area (Å²) in [4.78, 5) is 14.2. The largest absolute Gasteiger partial charge is 0.362 e. The molecule has 2 aromatic heterocycles. The highest BCUT2D eigenvalue weighted by Gasteiger charge is 2.15. The molecule has 0 spiro atoms. The number of hydrogen-bond donors (Lipinski definition) is 1. The fourth-order valence-electron chi connectivity index (χ4n) is 1.43. The van der Waals surface area contributed by atoms with Gasteiger partial charge in [0.05, 0.1) is 23.2 Å². The lowest BCUT2D eigenvalue weighted by atomic mass is 10.3. The van der Waals surface area contributed by atoms with Gasteiger partial charge in [-0.05, 0) is 0 Å².